The van der Waals surface area contributed by atoms with E-state index in [1.54, 1.807) is 33.2 Å². The van der Waals surface area contributed by atoms with E-state index >= 15 is 0 Å². The number of rotatable bonds is 4. The number of amides is 1. The van der Waals surface area contributed by atoms with Crippen LogP contribution in [0.3, 0.4) is 0 Å². The number of pyridine rings is 1. The van der Waals surface area contributed by atoms with Crippen LogP contribution in [0.25, 0.3) is 0 Å². The first-order chi connectivity index (χ1) is 11.3. The number of piperidine rings is 1. The van der Waals surface area contributed by atoms with E-state index in [1.807, 2.05) is 12.1 Å². The zero-order chi connectivity index (χ0) is 17.7. The molecule has 1 aliphatic rings. The second-order valence-corrected chi connectivity index (χ2v) is 7.00. The van der Waals surface area contributed by atoms with Crippen LogP contribution in [-0.4, -0.2) is 51.8 Å². The number of hydrogen-bond acceptors (Lipinski definition) is 5. The summed E-state index contributed by atoms with van der Waals surface area (Å²) >= 11 is 0. The van der Waals surface area contributed by atoms with Crippen molar-refractivity contribution < 1.29 is 19.4 Å². The number of carboxylic acids is 1. The first kappa shape index (κ1) is 18.2. The number of aliphatic carboxylic acids is 1. The van der Waals surface area contributed by atoms with E-state index in [2.05, 4.69) is 10.3 Å². The number of nitrogens with zero attached hydrogens (tertiary/aromatic N) is 2. The van der Waals surface area contributed by atoms with Crippen molar-refractivity contribution in [1.29, 1.82) is 0 Å². The van der Waals surface area contributed by atoms with Crippen LogP contribution in [0.1, 0.15) is 32.8 Å². The highest BCUT2D eigenvalue weighted by molar-refractivity contribution is 5.74. The smallest absolute Gasteiger partial charge is 0.410 e. The van der Waals surface area contributed by atoms with E-state index < -0.39 is 23.6 Å². The Balaban J connectivity index is 1.95. The molecule has 7 heteroatoms. The van der Waals surface area contributed by atoms with Crippen molar-refractivity contribution in [3.63, 3.8) is 0 Å². The maximum Gasteiger partial charge on any atom is 0.410 e. The Labute approximate surface area is 142 Å². The molecule has 0 aromatic carbocycles. The predicted octanol–water partition coefficient (Wildman–Crippen LogP) is 1.88. The van der Waals surface area contributed by atoms with E-state index in [4.69, 9.17) is 4.74 Å². The lowest BCUT2D eigenvalue weighted by Gasteiger charge is -2.37. The second kappa shape index (κ2) is 7.61. The quantitative estimate of drug-likeness (QED) is 0.873. The normalized spacial score (nSPS) is 21.4. The summed E-state index contributed by atoms with van der Waals surface area (Å²) in [7, 11) is 0. The Kier molecular flexibility index (Phi) is 5.77. The highest BCUT2D eigenvalue weighted by atomic mass is 16.6. The molecule has 1 aromatic heterocycles. The minimum Gasteiger partial charge on any atom is -0.481 e. The summed E-state index contributed by atoms with van der Waals surface area (Å²) in [5, 5.41) is 12.8. The second-order valence-electron chi connectivity index (χ2n) is 7.00. The van der Waals surface area contributed by atoms with Gasteiger partial charge in [-0.1, -0.05) is 0 Å². The van der Waals surface area contributed by atoms with Crippen molar-refractivity contribution in [2.75, 3.05) is 13.1 Å². The number of hydrogen-bond donors (Lipinski definition) is 2. The van der Waals surface area contributed by atoms with Crippen LogP contribution in [0.5, 0.6) is 0 Å². The largest absolute Gasteiger partial charge is 0.481 e. The molecule has 0 aliphatic carbocycles. The summed E-state index contributed by atoms with van der Waals surface area (Å²) in [4.78, 5) is 29.2. The molecule has 0 radical (unpaired) electrons. The van der Waals surface area contributed by atoms with E-state index in [0.29, 0.717) is 19.5 Å². The van der Waals surface area contributed by atoms with Crippen molar-refractivity contribution in [2.45, 2.75) is 45.4 Å². The first-order valence-electron chi connectivity index (χ1n) is 8.09. The molecule has 0 unspecified atom stereocenters. The van der Waals surface area contributed by atoms with E-state index in [1.165, 1.54) is 4.90 Å². The van der Waals surface area contributed by atoms with Crippen LogP contribution in [-0.2, 0) is 16.1 Å². The van der Waals surface area contributed by atoms with Gasteiger partial charge in [0.25, 0.3) is 0 Å². The van der Waals surface area contributed by atoms with Crippen LogP contribution < -0.4 is 5.32 Å². The van der Waals surface area contributed by atoms with Crippen LogP contribution in [0.4, 0.5) is 4.79 Å². The van der Waals surface area contributed by atoms with Crippen LogP contribution in [0.15, 0.2) is 24.5 Å². The molecule has 1 fully saturated rings. The molecule has 0 spiro atoms. The molecular weight excluding hydrogens is 310 g/mol. The standard InChI is InChI=1S/C17H25N3O4/c1-17(2,3)24-16(23)20-9-6-14(13(11-20)15(21)22)19-10-12-4-7-18-8-5-12/h4-5,7-8,13-14,19H,6,9-11H2,1-3H3,(H,21,22)/t13-,14-/m0/s1. The molecule has 1 amide bonds. The molecule has 132 valence electrons. The molecular formula is C17H25N3O4. The molecule has 2 rings (SSSR count). The third-order valence-corrected chi connectivity index (χ3v) is 3.90. The number of aromatic nitrogens is 1. The van der Waals surface area contributed by atoms with Gasteiger partial charge in [-0.05, 0) is 44.9 Å². The summed E-state index contributed by atoms with van der Waals surface area (Å²) in [6.07, 6.45) is 3.52. The van der Waals surface area contributed by atoms with Crippen molar-refractivity contribution in [3.8, 4) is 0 Å². The van der Waals surface area contributed by atoms with E-state index in [0.717, 1.165) is 5.56 Å². The van der Waals surface area contributed by atoms with Crippen molar-refractivity contribution in [1.82, 2.24) is 15.2 Å². The molecule has 2 atom stereocenters. The molecule has 24 heavy (non-hydrogen) atoms. The van der Waals surface area contributed by atoms with Gasteiger partial charge in [-0.2, -0.15) is 0 Å². The number of nitrogens with one attached hydrogen (secondary N) is 1. The number of carboxylic acid groups (broad SMARTS) is 1. The zero-order valence-electron chi connectivity index (χ0n) is 14.4. The maximum absolute atomic E-state index is 12.2. The van der Waals surface area contributed by atoms with Gasteiger partial charge in [0.1, 0.15) is 5.60 Å². The lowest BCUT2D eigenvalue weighted by molar-refractivity contribution is -0.144. The van der Waals surface area contributed by atoms with Gasteiger partial charge < -0.3 is 20.1 Å². The van der Waals surface area contributed by atoms with Crippen LogP contribution >= 0.6 is 0 Å². The van der Waals surface area contributed by atoms with Crippen molar-refractivity contribution >= 4 is 12.1 Å². The summed E-state index contributed by atoms with van der Waals surface area (Å²) < 4.78 is 5.34. The van der Waals surface area contributed by atoms with Gasteiger partial charge >= 0.3 is 12.1 Å². The third kappa shape index (κ3) is 5.19. The summed E-state index contributed by atoms with van der Waals surface area (Å²) in [5.74, 6) is -1.57. The SMILES string of the molecule is CC(C)(C)OC(=O)N1CC[C@H](NCc2ccncc2)[C@@H](C(=O)O)C1. The highest BCUT2D eigenvalue weighted by Crippen LogP contribution is 2.21. The van der Waals surface area contributed by atoms with Crippen molar-refractivity contribution in [2.24, 2.45) is 5.92 Å². The van der Waals surface area contributed by atoms with Gasteiger partial charge in [0.15, 0.2) is 0 Å². The summed E-state index contributed by atoms with van der Waals surface area (Å²) in [6.45, 7) is 6.59. The highest BCUT2D eigenvalue weighted by Gasteiger charge is 2.37. The van der Waals surface area contributed by atoms with Gasteiger partial charge in [-0.15, -0.1) is 0 Å². The Bertz CT molecular complexity index is 571. The number of likely N-dealkylation sites (tertiary alicyclic amines) is 1. The molecule has 0 bridgehead atoms. The molecule has 2 N–H and O–H groups in total. The Morgan fingerprint density at radius 3 is 2.62 bits per heavy atom. The monoisotopic (exact) mass is 335 g/mol. The van der Waals surface area contributed by atoms with Gasteiger partial charge in [0.2, 0.25) is 0 Å². The average molecular weight is 335 g/mol. The van der Waals surface area contributed by atoms with Crippen molar-refractivity contribution in [3.05, 3.63) is 30.1 Å². The fourth-order valence-electron chi connectivity index (χ4n) is 2.69. The van der Waals surface area contributed by atoms with Gasteiger partial charge in [0.05, 0.1) is 5.92 Å². The minimum atomic E-state index is -0.907. The summed E-state index contributed by atoms with van der Waals surface area (Å²) in [6, 6.07) is 3.59. The maximum atomic E-state index is 12.2. The third-order valence-electron chi connectivity index (χ3n) is 3.90. The van der Waals surface area contributed by atoms with Gasteiger partial charge in [-0.25, -0.2) is 4.79 Å². The topological polar surface area (TPSA) is 91.8 Å². The molecule has 1 aliphatic heterocycles. The minimum absolute atomic E-state index is 0.151. The lowest BCUT2D eigenvalue weighted by Crippen LogP contribution is -2.54. The molecule has 7 nitrogen and oxygen atoms in total. The predicted molar refractivity (Wildman–Crippen MR) is 88.4 cm³/mol. The summed E-state index contributed by atoms with van der Waals surface area (Å²) in [5.41, 5.74) is 0.454. The molecule has 1 aromatic rings. The van der Waals surface area contributed by atoms with Gasteiger partial charge in [-0.3, -0.25) is 9.78 Å². The van der Waals surface area contributed by atoms with Crippen LogP contribution in [0, 0.1) is 5.92 Å². The Morgan fingerprint density at radius 2 is 2.04 bits per heavy atom. The van der Waals surface area contributed by atoms with E-state index in [9.17, 15) is 14.7 Å². The Hall–Kier alpha value is -2.15. The molecule has 2 heterocycles. The Morgan fingerprint density at radius 1 is 1.38 bits per heavy atom. The average Bonchev–Trinajstić information content (AvgIpc) is 2.52. The van der Waals surface area contributed by atoms with Gasteiger partial charge in [0, 0.05) is 38.1 Å². The fraction of sp³-hybridized carbons (Fsp3) is 0.588. The zero-order valence-corrected chi connectivity index (χ0v) is 14.4. The van der Waals surface area contributed by atoms with E-state index in [-0.39, 0.29) is 12.6 Å². The lowest BCUT2D eigenvalue weighted by atomic mass is 9.92. The number of carbonyl (C=O) groups excluding carboxylic acids is 1. The first-order valence-corrected chi connectivity index (χ1v) is 8.09. The number of ether oxygens (including phenoxy) is 1. The molecule has 1 saturated heterocycles. The number of carbonyl (C=O) groups is 2. The van der Waals surface area contributed by atoms with Crippen LogP contribution in [0.2, 0.25) is 0 Å². The molecule has 0 saturated carbocycles. The fourth-order valence-corrected chi connectivity index (χ4v) is 2.69.